The van der Waals surface area contributed by atoms with Crippen molar-refractivity contribution in [3.8, 4) is 11.3 Å². The van der Waals surface area contributed by atoms with Crippen molar-refractivity contribution < 1.29 is 4.74 Å². The molecule has 0 amide bonds. The van der Waals surface area contributed by atoms with Crippen LogP contribution in [0.3, 0.4) is 0 Å². The quantitative estimate of drug-likeness (QED) is 0.536. The summed E-state index contributed by atoms with van der Waals surface area (Å²) in [5.41, 5.74) is 4.16. The molecule has 4 heterocycles. The molecular weight excluding hydrogens is 368 g/mol. The molecule has 0 bridgehead atoms. The van der Waals surface area contributed by atoms with Crippen LogP contribution in [-0.4, -0.2) is 35.7 Å². The number of nitrogens with zero attached hydrogens (tertiary/aromatic N) is 5. The van der Waals surface area contributed by atoms with Gasteiger partial charge in [0.15, 0.2) is 5.65 Å². The van der Waals surface area contributed by atoms with Gasteiger partial charge in [-0.3, -0.25) is 9.13 Å². The first-order valence-electron chi connectivity index (χ1n) is 8.82. The van der Waals surface area contributed by atoms with Crippen molar-refractivity contribution >= 4 is 33.8 Å². The second kappa shape index (κ2) is 6.17. The average Bonchev–Trinajstić information content (AvgIpc) is 3.23. The van der Waals surface area contributed by atoms with E-state index in [1.165, 1.54) is 0 Å². The van der Waals surface area contributed by atoms with E-state index in [9.17, 15) is 4.79 Å². The molecule has 1 aliphatic heterocycles. The van der Waals surface area contributed by atoms with Crippen LogP contribution in [0.25, 0.3) is 33.5 Å². The first-order valence-corrected chi connectivity index (χ1v) is 9.20. The topological polar surface area (TPSA) is 90.6 Å². The van der Waals surface area contributed by atoms with Gasteiger partial charge in [0.05, 0.1) is 17.4 Å². The Hall–Kier alpha value is -2.71. The molecule has 1 N–H and O–H groups in total. The summed E-state index contributed by atoms with van der Waals surface area (Å²) in [5.74, 6) is 0. The van der Waals surface area contributed by atoms with Crippen molar-refractivity contribution in [3.63, 3.8) is 0 Å². The van der Waals surface area contributed by atoms with E-state index in [1.54, 1.807) is 17.9 Å². The lowest BCUT2D eigenvalue weighted by atomic mass is 10.1. The second-order valence-corrected chi connectivity index (χ2v) is 7.05. The highest BCUT2D eigenvalue weighted by molar-refractivity contribution is 6.28. The fraction of sp³-hybridized carbons (Fsp3) is 0.333. The van der Waals surface area contributed by atoms with Crippen LogP contribution in [0.15, 0.2) is 29.3 Å². The highest BCUT2D eigenvalue weighted by atomic mass is 35.5. The molecule has 0 spiro atoms. The van der Waals surface area contributed by atoms with Crippen LogP contribution in [-0.2, 0) is 11.8 Å². The van der Waals surface area contributed by atoms with Gasteiger partial charge in [-0.2, -0.15) is 4.98 Å². The Kier molecular flexibility index (Phi) is 3.76. The molecule has 0 radical (unpaired) electrons. The van der Waals surface area contributed by atoms with Crippen molar-refractivity contribution in [2.75, 3.05) is 6.61 Å². The molecule has 1 saturated heterocycles. The van der Waals surface area contributed by atoms with Gasteiger partial charge in [-0.15, -0.1) is 0 Å². The lowest BCUT2D eigenvalue weighted by molar-refractivity contribution is -0.0298. The lowest BCUT2D eigenvalue weighted by Crippen LogP contribution is -2.17. The van der Waals surface area contributed by atoms with Crippen LogP contribution in [0.4, 0.5) is 0 Å². The predicted octanol–water partition coefficient (Wildman–Crippen LogP) is 3.03. The molecule has 0 saturated carbocycles. The third-order valence-corrected chi connectivity index (χ3v) is 5.21. The SMILES string of the molecule is Cn1c(=O)[nH]c2ccc(-c3nc(Cl)nc4c3ncn4C3CCCCO3)cc21. The molecule has 5 rings (SSSR count). The number of benzene rings is 1. The summed E-state index contributed by atoms with van der Waals surface area (Å²) in [6.07, 6.45) is 4.74. The minimum Gasteiger partial charge on any atom is -0.358 e. The number of ether oxygens (including phenoxy) is 1. The lowest BCUT2D eigenvalue weighted by Gasteiger charge is -2.23. The number of aromatic nitrogens is 6. The Morgan fingerprint density at radius 2 is 2.19 bits per heavy atom. The molecular formula is C18H17ClN6O2. The number of fused-ring (bicyclic) bond motifs is 2. The zero-order valence-corrected chi connectivity index (χ0v) is 15.4. The normalized spacial score (nSPS) is 17.8. The highest BCUT2D eigenvalue weighted by Gasteiger charge is 2.21. The third kappa shape index (κ3) is 2.64. The molecule has 1 unspecified atom stereocenters. The predicted molar refractivity (Wildman–Crippen MR) is 102 cm³/mol. The molecule has 138 valence electrons. The number of aryl methyl sites for hydroxylation is 1. The fourth-order valence-electron chi connectivity index (χ4n) is 3.62. The largest absolute Gasteiger partial charge is 0.358 e. The molecule has 1 fully saturated rings. The second-order valence-electron chi connectivity index (χ2n) is 6.71. The Balaban J connectivity index is 1.70. The van der Waals surface area contributed by atoms with E-state index >= 15 is 0 Å². The minimum atomic E-state index is -0.160. The van der Waals surface area contributed by atoms with Crippen molar-refractivity contribution in [3.05, 3.63) is 40.3 Å². The van der Waals surface area contributed by atoms with Gasteiger partial charge in [-0.1, -0.05) is 6.07 Å². The highest BCUT2D eigenvalue weighted by Crippen LogP contribution is 2.31. The van der Waals surface area contributed by atoms with E-state index in [0.717, 1.165) is 42.5 Å². The number of halogens is 1. The molecule has 8 nitrogen and oxygen atoms in total. The maximum Gasteiger partial charge on any atom is 0.326 e. The van der Waals surface area contributed by atoms with Gasteiger partial charge in [0.1, 0.15) is 17.4 Å². The number of rotatable bonds is 2. The Labute approximate surface area is 158 Å². The summed E-state index contributed by atoms with van der Waals surface area (Å²) in [5, 5.41) is 0.151. The van der Waals surface area contributed by atoms with Crippen molar-refractivity contribution in [1.82, 2.24) is 29.1 Å². The van der Waals surface area contributed by atoms with Crippen molar-refractivity contribution in [1.29, 1.82) is 0 Å². The van der Waals surface area contributed by atoms with E-state index in [0.29, 0.717) is 16.9 Å². The van der Waals surface area contributed by atoms with Gasteiger partial charge in [0, 0.05) is 19.2 Å². The Morgan fingerprint density at radius 3 is 3.00 bits per heavy atom. The van der Waals surface area contributed by atoms with Crippen LogP contribution >= 0.6 is 11.6 Å². The number of hydrogen-bond donors (Lipinski definition) is 1. The molecule has 3 aromatic heterocycles. The first-order chi connectivity index (χ1) is 13.1. The fourth-order valence-corrected chi connectivity index (χ4v) is 3.78. The monoisotopic (exact) mass is 384 g/mol. The molecule has 0 aliphatic carbocycles. The number of hydrogen-bond acceptors (Lipinski definition) is 5. The van der Waals surface area contributed by atoms with E-state index in [4.69, 9.17) is 16.3 Å². The van der Waals surface area contributed by atoms with E-state index in [2.05, 4.69) is 19.9 Å². The van der Waals surface area contributed by atoms with Crippen molar-refractivity contribution in [2.24, 2.45) is 7.05 Å². The molecule has 9 heteroatoms. The average molecular weight is 385 g/mol. The summed E-state index contributed by atoms with van der Waals surface area (Å²) < 4.78 is 9.36. The molecule has 1 aromatic carbocycles. The van der Waals surface area contributed by atoms with Gasteiger partial charge >= 0.3 is 5.69 Å². The summed E-state index contributed by atoms with van der Waals surface area (Å²) in [7, 11) is 1.72. The zero-order chi connectivity index (χ0) is 18.5. The minimum absolute atomic E-state index is 0.0875. The zero-order valence-electron chi connectivity index (χ0n) is 14.6. The van der Waals surface area contributed by atoms with Crippen LogP contribution in [0.2, 0.25) is 5.28 Å². The van der Waals surface area contributed by atoms with Crippen LogP contribution in [0, 0.1) is 0 Å². The van der Waals surface area contributed by atoms with Gasteiger partial charge in [0.2, 0.25) is 5.28 Å². The van der Waals surface area contributed by atoms with Crippen LogP contribution < -0.4 is 5.69 Å². The smallest absolute Gasteiger partial charge is 0.326 e. The molecule has 1 atom stereocenters. The van der Waals surface area contributed by atoms with Gasteiger partial charge in [-0.05, 0) is 43.0 Å². The third-order valence-electron chi connectivity index (χ3n) is 5.04. The summed E-state index contributed by atoms with van der Waals surface area (Å²) in [6, 6.07) is 5.66. The standard InChI is InChI=1S/C18H17ClN6O2/c1-24-12-8-10(5-6-11(12)21-18(24)26)14-15-16(23-17(19)22-14)25(9-20-15)13-4-2-3-7-27-13/h5-6,8-9,13H,2-4,7H2,1H3,(H,21,26). The van der Waals surface area contributed by atoms with Gasteiger partial charge in [0.25, 0.3) is 0 Å². The van der Waals surface area contributed by atoms with Crippen LogP contribution in [0.5, 0.6) is 0 Å². The molecule has 1 aliphatic rings. The van der Waals surface area contributed by atoms with Gasteiger partial charge in [-0.25, -0.2) is 14.8 Å². The Morgan fingerprint density at radius 1 is 1.30 bits per heavy atom. The summed E-state index contributed by atoms with van der Waals surface area (Å²) in [6.45, 7) is 0.730. The van der Waals surface area contributed by atoms with E-state index in [1.807, 2.05) is 22.8 Å². The van der Waals surface area contributed by atoms with E-state index < -0.39 is 0 Å². The summed E-state index contributed by atoms with van der Waals surface area (Å²) in [4.78, 5) is 28.0. The number of aromatic amines is 1. The van der Waals surface area contributed by atoms with Gasteiger partial charge < -0.3 is 9.72 Å². The number of imidazole rings is 2. The Bertz CT molecular complexity index is 1220. The van der Waals surface area contributed by atoms with Crippen molar-refractivity contribution in [2.45, 2.75) is 25.5 Å². The molecule has 27 heavy (non-hydrogen) atoms. The van der Waals surface area contributed by atoms with E-state index in [-0.39, 0.29) is 17.2 Å². The van der Waals surface area contributed by atoms with Crippen LogP contribution in [0.1, 0.15) is 25.5 Å². The maximum absolute atomic E-state index is 11.9. The molecule has 4 aromatic rings. The number of nitrogens with one attached hydrogen (secondary N) is 1. The maximum atomic E-state index is 11.9. The number of H-pyrrole nitrogens is 1. The summed E-state index contributed by atoms with van der Waals surface area (Å²) >= 11 is 6.23. The first kappa shape index (κ1) is 16.5.